The highest BCUT2D eigenvalue weighted by Gasteiger charge is 2.27. The van der Waals surface area contributed by atoms with Crippen molar-refractivity contribution < 1.29 is 8.42 Å². The third-order valence-corrected chi connectivity index (χ3v) is 7.05. The van der Waals surface area contributed by atoms with Gasteiger partial charge in [0.05, 0.1) is 42.5 Å². The van der Waals surface area contributed by atoms with Crippen LogP contribution >= 0.6 is 12.4 Å². The van der Waals surface area contributed by atoms with E-state index >= 15 is 0 Å². The van der Waals surface area contributed by atoms with E-state index in [9.17, 15) is 8.42 Å². The third-order valence-electron chi connectivity index (χ3n) is 5.28. The average molecular weight is 436 g/mol. The summed E-state index contributed by atoms with van der Waals surface area (Å²) in [6, 6.07) is 10.3. The lowest BCUT2D eigenvalue weighted by Crippen LogP contribution is -2.32. The highest BCUT2D eigenvalue weighted by molar-refractivity contribution is 7.91. The summed E-state index contributed by atoms with van der Waals surface area (Å²) >= 11 is 0. The second kappa shape index (κ2) is 9.11. The van der Waals surface area contributed by atoms with Crippen LogP contribution in [0.2, 0.25) is 0 Å². The molecule has 0 radical (unpaired) electrons. The first-order chi connectivity index (χ1) is 13.5. The van der Waals surface area contributed by atoms with Gasteiger partial charge < -0.3 is 9.88 Å². The predicted molar refractivity (Wildman–Crippen MR) is 116 cm³/mol. The molecule has 1 N–H and O–H groups in total. The Balaban J connectivity index is 0.00000240. The summed E-state index contributed by atoms with van der Waals surface area (Å²) in [7, 11) is -2.85. The molecular formula is C20H26ClN5O2S. The van der Waals surface area contributed by atoms with E-state index in [0.717, 1.165) is 30.0 Å². The van der Waals surface area contributed by atoms with Crippen molar-refractivity contribution in [1.82, 2.24) is 24.6 Å². The fraction of sp³-hybridized carbons (Fsp3) is 0.400. The van der Waals surface area contributed by atoms with E-state index in [1.165, 1.54) is 5.56 Å². The number of aromatic nitrogens is 4. The number of nitrogens with one attached hydrogen (secondary N) is 1. The van der Waals surface area contributed by atoms with Crippen LogP contribution in [-0.2, 0) is 22.9 Å². The van der Waals surface area contributed by atoms with E-state index in [1.54, 1.807) is 0 Å². The van der Waals surface area contributed by atoms with Crippen molar-refractivity contribution in [3.63, 3.8) is 0 Å². The molecule has 0 amide bonds. The summed E-state index contributed by atoms with van der Waals surface area (Å²) in [4.78, 5) is 4.31. The van der Waals surface area contributed by atoms with Gasteiger partial charge in [0.2, 0.25) is 0 Å². The summed E-state index contributed by atoms with van der Waals surface area (Å²) in [5.41, 5.74) is 4.40. The maximum atomic E-state index is 11.6. The molecule has 0 aliphatic carbocycles. The van der Waals surface area contributed by atoms with Gasteiger partial charge >= 0.3 is 0 Å². The van der Waals surface area contributed by atoms with Gasteiger partial charge in [-0.3, -0.25) is 4.68 Å². The van der Waals surface area contributed by atoms with E-state index in [-0.39, 0.29) is 24.2 Å². The van der Waals surface area contributed by atoms with Gasteiger partial charge in [-0.25, -0.2) is 13.4 Å². The Labute approximate surface area is 177 Å². The molecule has 3 aromatic rings. The van der Waals surface area contributed by atoms with Crippen LogP contribution in [0.5, 0.6) is 0 Å². The number of sulfone groups is 1. The minimum atomic E-state index is -2.85. The summed E-state index contributed by atoms with van der Waals surface area (Å²) < 4.78 is 27.3. The zero-order valence-corrected chi connectivity index (χ0v) is 18.0. The van der Waals surface area contributed by atoms with Gasteiger partial charge in [0.1, 0.15) is 0 Å². The molecule has 4 rings (SSSR count). The van der Waals surface area contributed by atoms with Crippen molar-refractivity contribution in [2.45, 2.75) is 32.5 Å². The van der Waals surface area contributed by atoms with Crippen molar-refractivity contribution >= 4 is 22.2 Å². The van der Waals surface area contributed by atoms with Gasteiger partial charge in [0, 0.05) is 30.4 Å². The summed E-state index contributed by atoms with van der Waals surface area (Å²) in [5, 5.41) is 7.92. The first kappa shape index (κ1) is 21.5. The Morgan fingerprint density at radius 2 is 2.00 bits per heavy atom. The van der Waals surface area contributed by atoms with Crippen LogP contribution in [0, 0.1) is 6.92 Å². The summed E-state index contributed by atoms with van der Waals surface area (Å²) in [5.74, 6) is 0.538. The Morgan fingerprint density at radius 1 is 1.21 bits per heavy atom. The highest BCUT2D eigenvalue weighted by atomic mass is 35.5. The van der Waals surface area contributed by atoms with Crippen molar-refractivity contribution in [2.75, 3.05) is 18.1 Å². The lowest BCUT2D eigenvalue weighted by atomic mass is 10.2. The fourth-order valence-electron chi connectivity index (χ4n) is 3.68. The molecule has 3 heterocycles. The number of benzene rings is 1. The number of halogens is 1. The SMILES string of the molecule is Cc1c(-c2cncn2CCNC2CCS(=O)(=O)C2)cnn1Cc1ccccc1.Cl. The van der Waals surface area contributed by atoms with E-state index in [1.807, 2.05) is 41.6 Å². The molecule has 1 saturated heterocycles. The van der Waals surface area contributed by atoms with Crippen molar-refractivity contribution in [2.24, 2.45) is 0 Å². The number of rotatable bonds is 7. The molecule has 29 heavy (non-hydrogen) atoms. The van der Waals surface area contributed by atoms with E-state index < -0.39 is 9.84 Å². The lowest BCUT2D eigenvalue weighted by Gasteiger charge is -2.13. The second-order valence-corrected chi connectivity index (χ2v) is 9.54. The standard InChI is InChI=1S/C20H25N5O2S.ClH/c1-16-19(11-23-25(16)13-17-5-3-2-4-6-17)20-12-21-15-24(20)9-8-22-18-7-10-28(26,27)14-18;/h2-6,11-12,15,18,22H,7-10,13-14H2,1H3;1H. The van der Waals surface area contributed by atoms with Crippen molar-refractivity contribution in [1.29, 1.82) is 0 Å². The topological polar surface area (TPSA) is 81.8 Å². The average Bonchev–Trinajstić information content (AvgIpc) is 3.36. The monoisotopic (exact) mass is 435 g/mol. The van der Waals surface area contributed by atoms with Gasteiger partial charge in [-0.05, 0) is 18.9 Å². The quantitative estimate of drug-likeness (QED) is 0.615. The Bertz CT molecular complexity index is 1050. The molecule has 9 heteroatoms. The van der Waals surface area contributed by atoms with Crippen LogP contribution < -0.4 is 5.32 Å². The number of hydrogen-bond donors (Lipinski definition) is 1. The van der Waals surface area contributed by atoms with Crippen LogP contribution in [0.4, 0.5) is 0 Å². The maximum Gasteiger partial charge on any atom is 0.151 e. The van der Waals surface area contributed by atoms with Crippen LogP contribution in [0.3, 0.4) is 0 Å². The smallest absolute Gasteiger partial charge is 0.151 e. The van der Waals surface area contributed by atoms with Gasteiger partial charge in [0.15, 0.2) is 9.84 Å². The molecule has 156 valence electrons. The normalized spacial score (nSPS) is 17.9. The molecular weight excluding hydrogens is 410 g/mol. The maximum absolute atomic E-state index is 11.6. The molecule has 1 aromatic carbocycles. The zero-order valence-electron chi connectivity index (χ0n) is 16.4. The molecule has 1 aliphatic rings. The minimum absolute atomic E-state index is 0. The number of nitrogens with zero attached hydrogens (tertiary/aromatic N) is 4. The van der Waals surface area contributed by atoms with E-state index in [4.69, 9.17) is 0 Å². The lowest BCUT2D eigenvalue weighted by molar-refractivity contribution is 0.521. The predicted octanol–water partition coefficient (Wildman–Crippen LogP) is 2.30. The Hall–Kier alpha value is -2.16. The Morgan fingerprint density at radius 3 is 2.72 bits per heavy atom. The molecule has 0 spiro atoms. The molecule has 1 atom stereocenters. The molecule has 0 bridgehead atoms. The van der Waals surface area contributed by atoms with Crippen LogP contribution in [0.15, 0.2) is 49.1 Å². The van der Waals surface area contributed by atoms with Gasteiger partial charge in [0.25, 0.3) is 0 Å². The fourth-order valence-corrected chi connectivity index (χ4v) is 5.39. The largest absolute Gasteiger partial charge is 0.329 e. The van der Waals surface area contributed by atoms with Gasteiger partial charge in [-0.15, -0.1) is 12.4 Å². The summed E-state index contributed by atoms with van der Waals surface area (Å²) in [6.45, 7) is 4.25. The number of imidazole rings is 1. The van der Waals surface area contributed by atoms with Crippen molar-refractivity contribution in [3.05, 3.63) is 60.3 Å². The number of hydrogen-bond acceptors (Lipinski definition) is 5. The Kier molecular flexibility index (Phi) is 6.77. The molecule has 1 fully saturated rings. The first-order valence-corrected chi connectivity index (χ1v) is 11.3. The van der Waals surface area contributed by atoms with E-state index in [2.05, 4.69) is 39.0 Å². The third kappa shape index (κ3) is 5.07. The highest BCUT2D eigenvalue weighted by Crippen LogP contribution is 2.23. The molecule has 1 aliphatic heterocycles. The second-order valence-electron chi connectivity index (χ2n) is 7.31. The van der Waals surface area contributed by atoms with Gasteiger partial charge in [-0.2, -0.15) is 5.10 Å². The minimum Gasteiger partial charge on any atom is -0.329 e. The van der Waals surface area contributed by atoms with Crippen molar-refractivity contribution in [3.8, 4) is 11.3 Å². The molecule has 7 nitrogen and oxygen atoms in total. The summed E-state index contributed by atoms with van der Waals surface area (Å²) in [6.07, 6.45) is 6.26. The molecule has 2 aromatic heterocycles. The molecule has 1 unspecified atom stereocenters. The molecule has 0 saturated carbocycles. The zero-order chi connectivity index (χ0) is 19.6. The van der Waals surface area contributed by atoms with Gasteiger partial charge in [-0.1, -0.05) is 30.3 Å². The van der Waals surface area contributed by atoms with Crippen LogP contribution in [-0.4, -0.2) is 51.8 Å². The first-order valence-electron chi connectivity index (χ1n) is 9.52. The van der Waals surface area contributed by atoms with Crippen LogP contribution in [0.25, 0.3) is 11.3 Å². The van der Waals surface area contributed by atoms with E-state index in [0.29, 0.717) is 18.7 Å². The van der Waals surface area contributed by atoms with Crippen LogP contribution in [0.1, 0.15) is 17.7 Å².